The van der Waals surface area contributed by atoms with Crippen molar-refractivity contribution in [3.05, 3.63) is 24.3 Å². The Morgan fingerprint density at radius 1 is 1.38 bits per heavy atom. The lowest BCUT2D eigenvalue weighted by Gasteiger charge is -1.97. The Morgan fingerprint density at radius 2 is 2.08 bits per heavy atom. The van der Waals surface area contributed by atoms with Crippen LogP contribution in [0.15, 0.2) is 24.3 Å². The molecule has 0 saturated heterocycles. The molecular formula is C9H12O3P+. The second-order valence-electron chi connectivity index (χ2n) is 2.35. The van der Waals surface area contributed by atoms with Crippen LogP contribution in [0, 0.1) is 0 Å². The van der Waals surface area contributed by atoms with Gasteiger partial charge in [0.25, 0.3) is 5.30 Å². The van der Waals surface area contributed by atoms with Crippen molar-refractivity contribution in [2.45, 2.75) is 6.92 Å². The Hall–Kier alpha value is -0.920. The maximum absolute atomic E-state index is 11.5. The molecule has 0 heterocycles. The topological polar surface area (TPSA) is 35.5 Å². The van der Waals surface area contributed by atoms with E-state index in [0.717, 1.165) is 0 Å². The van der Waals surface area contributed by atoms with E-state index < -0.39 is 8.03 Å². The quantitative estimate of drug-likeness (QED) is 0.696. The van der Waals surface area contributed by atoms with Gasteiger partial charge < -0.3 is 4.74 Å². The third kappa shape index (κ3) is 2.51. The summed E-state index contributed by atoms with van der Waals surface area (Å²) in [6.45, 7) is 2.25. The summed E-state index contributed by atoms with van der Waals surface area (Å²) in [6.07, 6.45) is 0. The van der Waals surface area contributed by atoms with Crippen molar-refractivity contribution in [3.63, 3.8) is 0 Å². The molecule has 0 aliphatic carbocycles. The van der Waals surface area contributed by atoms with Crippen LogP contribution in [0.3, 0.4) is 0 Å². The lowest BCUT2D eigenvalue weighted by Crippen LogP contribution is -2.03. The van der Waals surface area contributed by atoms with Crippen LogP contribution in [0.2, 0.25) is 0 Å². The largest absolute Gasteiger partial charge is 0.552 e. The van der Waals surface area contributed by atoms with E-state index in [2.05, 4.69) is 0 Å². The van der Waals surface area contributed by atoms with Crippen LogP contribution >= 0.6 is 8.03 Å². The molecule has 4 heteroatoms. The molecule has 0 bridgehead atoms. The van der Waals surface area contributed by atoms with Gasteiger partial charge in [0, 0.05) is 0 Å². The predicted molar refractivity (Wildman–Crippen MR) is 51.9 cm³/mol. The number of hydrogen-bond acceptors (Lipinski definition) is 3. The second kappa shape index (κ2) is 4.95. The summed E-state index contributed by atoms with van der Waals surface area (Å²) in [5, 5.41) is 0.613. The molecule has 1 rings (SSSR count). The molecule has 1 aromatic rings. The van der Waals surface area contributed by atoms with Gasteiger partial charge in [-0.25, -0.2) is 0 Å². The van der Waals surface area contributed by atoms with Crippen LogP contribution in [0.25, 0.3) is 0 Å². The van der Waals surface area contributed by atoms with Crippen molar-refractivity contribution in [2.75, 3.05) is 13.7 Å². The van der Waals surface area contributed by atoms with Crippen LogP contribution in [0.5, 0.6) is 5.75 Å². The predicted octanol–water partition coefficient (Wildman–Crippen LogP) is 2.10. The van der Waals surface area contributed by atoms with Gasteiger partial charge in [0.2, 0.25) is 0 Å². The van der Waals surface area contributed by atoms with Gasteiger partial charge >= 0.3 is 8.03 Å². The molecule has 3 nitrogen and oxygen atoms in total. The van der Waals surface area contributed by atoms with Gasteiger partial charge in [0.1, 0.15) is 6.61 Å². The summed E-state index contributed by atoms with van der Waals surface area (Å²) < 4.78 is 21.5. The minimum absolute atomic E-state index is 0.438. The van der Waals surface area contributed by atoms with Crippen LogP contribution in [-0.4, -0.2) is 13.7 Å². The van der Waals surface area contributed by atoms with Crippen molar-refractivity contribution in [2.24, 2.45) is 0 Å². The third-order valence-corrected chi connectivity index (χ3v) is 2.78. The number of hydrogen-bond donors (Lipinski definition) is 0. The first-order valence-electron chi connectivity index (χ1n) is 4.02. The summed E-state index contributed by atoms with van der Waals surface area (Å²) in [4.78, 5) is 0. The van der Waals surface area contributed by atoms with E-state index >= 15 is 0 Å². The standard InChI is InChI=1S/C9H12O3P/c1-3-12-13(10)9-7-5-4-6-8(9)11-2/h4-7H,3H2,1-2H3/q+1. The highest BCUT2D eigenvalue weighted by atomic mass is 31.1. The van der Waals surface area contributed by atoms with Crippen LogP contribution in [0.4, 0.5) is 0 Å². The second-order valence-corrected chi connectivity index (χ2v) is 3.60. The van der Waals surface area contributed by atoms with Crippen molar-refractivity contribution in [1.82, 2.24) is 0 Å². The highest BCUT2D eigenvalue weighted by molar-refractivity contribution is 7.48. The summed E-state index contributed by atoms with van der Waals surface area (Å²) in [7, 11) is -0.228. The molecule has 0 amide bonds. The highest BCUT2D eigenvalue weighted by Gasteiger charge is 2.25. The molecule has 70 valence electrons. The van der Waals surface area contributed by atoms with Gasteiger partial charge in [-0.2, -0.15) is 0 Å². The average molecular weight is 199 g/mol. The van der Waals surface area contributed by atoms with Crippen molar-refractivity contribution in [1.29, 1.82) is 0 Å². The first-order valence-corrected chi connectivity index (χ1v) is 5.20. The Balaban J connectivity index is 2.92. The fourth-order valence-electron chi connectivity index (χ4n) is 0.967. The molecule has 0 radical (unpaired) electrons. The Morgan fingerprint density at radius 3 is 2.69 bits per heavy atom. The molecule has 0 saturated carbocycles. The molecule has 0 N–H and O–H groups in total. The molecule has 13 heavy (non-hydrogen) atoms. The SMILES string of the molecule is CCO[P+](=O)c1ccccc1OC. The Labute approximate surface area is 78.5 Å². The van der Waals surface area contributed by atoms with Crippen LogP contribution in [0.1, 0.15) is 6.92 Å². The van der Waals surface area contributed by atoms with Gasteiger partial charge in [-0.1, -0.05) is 12.1 Å². The van der Waals surface area contributed by atoms with E-state index in [-0.39, 0.29) is 0 Å². The van der Waals surface area contributed by atoms with Gasteiger partial charge in [-0.15, -0.1) is 4.52 Å². The van der Waals surface area contributed by atoms with Gasteiger partial charge in [-0.3, -0.25) is 0 Å². The molecule has 0 aliphatic rings. The zero-order valence-electron chi connectivity index (χ0n) is 7.69. The van der Waals surface area contributed by atoms with Gasteiger partial charge in [-0.05, 0) is 23.6 Å². The summed E-state index contributed by atoms with van der Waals surface area (Å²) in [5.41, 5.74) is 0. The van der Waals surface area contributed by atoms with Crippen LogP contribution < -0.4 is 10.0 Å². The normalized spacial score (nSPS) is 11.1. The van der Waals surface area contributed by atoms with E-state index in [1.165, 1.54) is 0 Å². The zero-order chi connectivity index (χ0) is 9.68. The molecule has 0 aromatic heterocycles. The first kappa shape index (κ1) is 10.2. The lowest BCUT2D eigenvalue weighted by atomic mass is 10.3. The Kier molecular flexibility index (Phi) is 3.87. The van der Waals surface area contributed by atoms with E-state index in [0.29, 0.717) is 17.7 Å². The molecule has 1 unspecified atom stereocenters. The summed E-state index contributed by atoms with van der Waals surface area (Å²) in [6, 6.07) is 7.15. The molecule has 1 aromatic carbocycles. The first-order chi connectivity index (χ1) is 6.29. The number of methoxy groups -OCH3 is 1. The Bertz CT molecular complexity index is 299. The molecule has 0 fully saturated rings. The fraction of sp³-hybridized carbons (Fsp3) is 0.333. The van der Waals surface area contributed by atoms with E-state index in [4.69, 9.17) is 9.26 Å². The van der Waals surface area contributed by atoms with E-state index in [1.807, 2.05) is 19.1 Å². The zero-order valence-corrected chi connectivity index (χ0v) is 8.58. The fourth-order valence-corrected chi connectivity index (χ4v) is 1.89. The van der Waals surface area contributed by atoms with E-state index in [9.17, 15) is 4.57 Å². The van der Waals surface area contributed by atoms with Crippen molar-refractivity contribution >= 4 is 13.3 Å². The van der Waals surface area contributed by atoms with Gasteiger partial charge in [0.05, 0.1) is 7.11 Å². The molecule has 0 aliphatic heterocycles. The van der Waals surface area contributed by atoms with Gasteiger partial charge in [0.15, 0.2) is 5.75 Å². The smallest absolute Gasteiger partial charge is 0.492 e. The van der Waals surface area contributed by atoms with Crippen molar-refractivity contribution < 1.29 is 13.8 Å². The maximum atomic E-state index is 11.5. The summed E-state index contributed by atoms with van der Waals surface area (Å²) >= 11 is 0. The minimum Gasteiger partial charge on any atom is -0.492 e. The summed E-state index contributed by atoms with van der Waals surface area (Å²) in [5.74, 6) is 0.608. The molecule has 0 spiro atoms. The minimum atomic E-state index is -1.78. The monoisotopic (exact) mass is 199 g/mol. The van der Waals surface area contributed by atoms with Crippen molar-refractivity contribution in [3.8, 4) is 5.75 Å². The molecular weight excluding hydrogens is 187 g/mol. The number of rotatable bonds is 4. The van der Waals surface area contributed by atoms with E-state index in [1.54, 1.807) is 19.2 Å². The number of ether oxygens (including phenoxy) is 1. The third-order valence-electron chi connectivity index (χ3n) is 1.53. The molecule has 1 atom stereocenters. The maximum Gasteiger partial charge on any atom is 0.552 e. The van der Waals surface area contributed by atoms with Crippen LogP contribution in [-0.2, 0) is 9.09 Å². The number of para-hydroxylation sites is 1. The lowest BCUT2D eigenvalue weighted by molar-refractivity contribution is 0.355. The number of benzene rings is 1. The average Bonchev–Trinajstić information content (AvgIpc) is 2.18. The highest BCUT2D eigenvalue weighted by Crippen LogP contribution is 2.26.